The van der Waals surface area contributed by atoms with Crippen molar-refractivity contribution in [2.45, 2.75) is 39.7 Å². The van der Waals surface area contributed by atoms with Crippen molar-refractivity contribution >= 4 is 17.2 Å². The van der Waals surface area contributed by atoms with Crippen LogP contribution < -0.4 is 15.0 Å². The second kappa shape index (κ2) is 11.0. The van der Waals surface area contributed by atoms with Gasteiger partial charge >= 0.3 is 0 Å². The van der Waals surface area contributed by atoms with Crippen LogP contribution in [-0.4, -0.2) is 35.0 Å². The number of hydrogen-bond donors (Lipinski definition) is 1. The fraction of sp³-hybridized carbons (Fsp3) is 0.333. The summed E-state index contributed by atoms with van der Waals surface area (Å²) < 4.78 is 20.8. The largest absolute Gasteiger partial charge is 0.493 e. The van der Waals surface area contributed by atoms with Gasteiger partial charge in [0, 0.05) is 31.5 Å². The Hall–Kier alpha value is -3.87. The van der Waals surface area contributed by atoms with Gasteiger partial charge in [0.25, 0.3) is 5.91 Å². The van der Waals surface area contributed by atoms with Gasteiger partial charge in [0.15, 0.2) is 0 Å². The molecule has 0 aliphatic carbocycles. The molecule has 0 atom stereocenters. The quantitative estimate of drug-likeness (QED) is 0.344. The summed E-state index contributed by atoms with van der Waals surface area (Å²) in [6.45, 7) is 7.11. The van der Waals surface area contributed by atoms with Gasteiger partial charge in [0.2, 0.25) is 0 Å². The van der Waals surface area contributed by atoms with Crippen molar-refractivity contribution in [1.82, 2.24) is 14.7 Å². The molecule has 0 radical (unpaired) electrons. The van der Waals surface area contributed by atoms with Crippen LogP contribution in [0.25, 0.3) is 5.65 Å². The van der Waals surface area contributed by atoms with Crippen molar-refractivity contribution < 1.29 is 13.9 Å². The first-order valence-corrected chi connectivity index (χ1v) is 13.0. The fourth-order valence-electron chi connectivity index (χ4n) is 4.88. The summed E-state index contributed by atoms with van der Waals surface area (Å²) >= 11 is 0. The topological polar surface area (TPSA) is 58.9 Å². The number of anilines is 1. The molecule has 1 amide bonds. The van der Waals surface area contributed by atoms with Crippen molar-refractivity contribution in [2.75, 3.05) is 24.6 Å². The third-order valence-electron chi connectivity index (χ3n) is 7.07. The molecular weight excluding hydrogens is 467 g/mol. The van der Waals surface area contributed by atoms with E-state index in [1.54, 1.807) is 12.1 Å². The van der Waals surface area contributed by atoms with Crippen LogP contribution in [0.2, 0.25) is 0 Å². The zero-order valence-corrected chi connectivity index (χ0v) is 21.4. The lowest BCUT2D eigenvalue weighted by molar-refractivity contribution is 0.0944. The Kier molecular flexibility index (Phi) is 7.40. The van der Waals surface area contributed by atoms with E-state index in [9.17, 15) is 9.18 Å². The zero-order valence-electron chi connectivity index (χ0n) is 21.4. The summed E-state index contributed by atoms with van der Waals surface area (Å²) in [5.74, 6) is 0.852. The number of rotatable bonds is 8. The van der Waals surface area contributed by atoms with E-state index in [0.29, 0.717) is 36.9 Å². The monoisotopic (exact) mass is 500 g/mol. The average molecular weight is 501 g/mol. The van der Waals surface area contributed by atoms with Gasteiger partial charge in [-0.1, -0.05) is 19.1 Å². The van der Waals surface area contributed by atoms with Crippen molar-refractivity contribution in [3.8, 4) is 5.75 Å². The number of halogens is 1. The highest BCUT2D eigenvalue weighted by atomic mass is 19.1. The number of fused-ring (bicyclic) bond motifs is 1. The Morgan fingerprint density at radius 1 is 1.08 bits per heavy atom. The molecule has 2 aromatic heterocycles. The molecular formula is C30H33FN4O2. The number of amides is 1. The number of carbonyl (C=O) groups excluding carboxylic acids is 1. The summed E-state index contributed by atoms with van der Waals surface area (Å²) in [5.41, 5.74) is 5.60. The Morgan fingerprint density at radius 2 is 1.81 bits per heavy atom. The lowest BCUT2D eigenvalue weighted by Crippen LogP contribution is -2.35. The van der Waals surface area contributed by atoms with Gasteiger partial charge in [-0.15, -0.1) is 0 Å². The summed E-state index contributed by atoms with van der Waals surface area (Å²) in [4.78, 5) is 20.1. The number of aryl methyl sites for hydroxylation is 2. The number of nitrogens with one attached hydrogen (secondary N) is 1. The first-order chi connectivity index (χ1) is 18.0. The normalized spacial score (nSPS) is 14.2. The number of carbonyl (C=O) groups is 1. The van der Waals surface area contributed by atoms with Crippen LogP contribution in [0, 0.1) is 18.7 Å². The average Bonchev–Trinajstić information content (AvgIpc) is 3.30. The maximum atomic E-state index is 13.1. The van der Waals surface area contributed by atoms with Gasteiger partial charge in [-0.05, 0) is 91.8 Å². The molecule has 0 bridgehead atoms. The number of nitrogens with zero attached hydrogens (tertiary/aromatic N) is 3. The van der Waals surface area contributed by atoms with Crippen molar-refractivity contribution in [3.05, 3.63) is 95.2 Å². The molecule has 1 N–H and O–H groups in total. The number of ether oxygens (including phenoxy) is 1. The van der Waals surface area contributed by atoms with E-state index in [4.69, 9.17) is 4.74 Å². The van der Waals surface area contributed by atoms with Crippen LogP contribution in [0.4, 0.5) is 10.1 Å². The highest BCUT2D eigenvalue weighted by Gasteiger charge is 2.21. The molecule has 1 saturated heterocycles. The van der Waals surface area contributed by atoms with Crippen molar-refractivity contribution in [3.63, 3.8) is 0 Å². The fourth-order valence-corrected chi connectivity index (χ4v) is 4.88. The van der Waals surface area contributed by atoms with Crippen LogP contribution >= 0.6 is 0 Å². The molecule has 0 spiro atoms. The zero-order chi connectivity index (χ0) is 25.8. The van der Waals surface area contributed by atoms with E-state index in [2.05, 4.69) is 39.5 Å². The molecule has 1 aliphatic heterocycles. The van der Waals surface area contributed by atoms with E-state index < -0.39 is 0 Å². The number of benzene rings is 2. The Morgan fingerprint density at radius 3 is 2.51 bits per heavy atom. The number of piperidine rings is 1. The van der Waals surface area contributed by atoms with Gasteiger partial charge in [0.05, 0.1) is 12.3 Å². The second-order valence-corrected chi connectivity index (χ2v) is 9.74. The molecule has 3 heterocycles. The van der Waals surface area contributed by atoms with Gasteiger partial charge in [-0.25, -0.2) is 9.37 Å². The summed E-state index contributed by atoms with van der Waals surface area (Å²) in [6.07, 6.45) is 4.72. The van der Waals surface area contributed by atoms with Crippen molar-refractivity contribution in [2.24, 2.45) is 5.92 Å². The molecule has 1 aliphatic rings. The van der Waals surface area contributed by atoms with Gasteiger partial charge in [-0.2, -0.15) is 0 Å². The number of hydrogen-bond acceptors (Lipinski definition) is 4. The van der Waals surface area contributed by atoms with Crippen LogP contribution in [0.5, 0.6) is 5.75 Å². The molecule has 4 aromatic rings. The minimum Gasteiger partial charge on any atom is -0.493 e. The number of aromatic nitrogens is 2. The third kappa shape index (κ3) is 5.77. The van der Waals surface area contributed by atoms with Gasteiger partial charge in [0.1, 0.15) is 22.9 Å². The smallest absolute Gasteiger partial charge is 0.270 e. The van der Waals surface area contributed by atoms with E-state index in [-0.39, 0.29) is 11.7 Å². The van der Waals surface area contributed by atoms with E-state index in [0.717, 1.165) is 48.4 Å². The predicted molar refractivity (Wildman–Crippen MR) is 144 cm³/mol. The molecule has 0 unspecified atom stereocenters. The molecule has 192 valence electrons. The van der Waals surface area contributed by atoms with E-state index in [1.807, 2.05) is 36.6 Å². The Labute approximate surface area is 217 Å². The van der Waals surface area contributed by atoms with Crippen molar-refractivity contribution in [1.29, 1.82) is 0 Å². The minimum atomic E-state index is -0.248. The molecule has 1 fully saturated rings. The van der Waals surface area contributed by atoms with E-state index in [1.165, 1.54) is 17.8 Å². The summed E-state index contributed by atoms with van der Waals surface area (Å²) in [6, 6.07) is 18.6. The van der Waals surface area contributed by atoms with Crippen LogP contribution in [0.1, 0.15) is 47.1 Å². The van der Waals surface area contributed by atoms with Crippen LogP contribution in [0.15, 0.2) is 66.9 Å². The lowest BCUT2D eigenvalue weighted by atomic mass is 9.97. The minimum absolute atomic E-state index is 0.109. The molecule has 7 heteroatoms. The molecule has 2 aromatic carbocycles. The summed E-state index contributed by atoms with van der Waals surface area (Å²) in [7, 11) is 0. The Bertz CT molecular complexity index is 1360. The Balaban J connectivity index is 1.13. The molecule has 5 rings (SSSR count). The standard InChI is InChI=1S/C30H33FN4O2/c1-3-27-29(35-17-12-21(2)18-28(35)33-27)30(36)32-19-22-4-8-25(9-5-22)34-15-13-23(14-16-34)20-37-26-10-6-24(31)7-11-26/h4-12,17-18,23H,3,13-16,19-20H2,1-2H3,(H,32,36). The van der Waals surface area contributed by atoms with Gasteiger partial charge < -0.3 is 15.0 Å². The summed E-state index contributed by atoms with van der Waals surface area (Å²) in [5, 5.41) is 3.07. The predicted octanol–water partition coefficient (Wildman–Crippen LogP) is 5.57. The first kappa shape index (κ1) is 24.8. The van der Waals surface area contributed by atoms with Crippen LogP contribution in [-0.2, 0) is 13.0 Å². The SMILES string of the molecule is CCc1nc2cc(C)ccn2c1C(=O)NCc1ccc(N2CCC(COc3ccc(F)cc3)CC2)cc1. The number of imidazole rings is 1. The molecule has 6 nitrogen and oxygen atoms in total. The first-order valence-electron chi connectivity index (χ1n) is 13.0. The number of pyridine rings is 1. The molecule has 37 heavy (non-hydrogen) atoms. The highest BCUT2D eigenvalue weighted by Crippen LogP contribution is 2.25. The second-order valence-electron chi connectivity index (χ2n) is 9.74. The maximum Gasteiger partial charge on any atom is 0.270 e. The van der Waals surface area contributed by atoms with Gasteiger partial charge in [-0.3, -0.25) is 9.20 Å². The maximum absolute atomic E-state index is 13.1. The molecule has 0 saturated carbocycles. The third-order valence-corrected chi connectivity index (χ3v) is 7.07. The highest BCUT2D eigenvalue weighted by molar-refractivity contribution is 5.94. The lowest BCUT2D eigenvalue weighted by Gasteiger charge is -2.33. The van der Waals surface area contributed by atoms with Crippen LogP contribution in [0.3, 0.4) is 0 Å². The van der Waals surface area contributed by atoms with E-state index >= 15 is 0 Å².